The van der Waals surface area contributed by atoms with Crippen molar-refractivity contribution >= 4 is 0 Å². The van der Waals surface area contributed by atoms with E-state index < -0.39 is 0 Å². The first-order valence-electron chi connectivity index (χ1n) is 6.93. The van der Waals surface area contributed by atoms with Gasteiger partial charge < -0.3 is 5.32 Å². The monoisotopic (exact) mass is 238 g/mol. The standard InChI is InChI=1S/C15H30N2/c1-5-8-9-10-11-12-17(14-16-7-3)13-15(4)6-2/h6-7,15-16H,2-3,5,8-14H2,1,4H3. The lowest BCUT2D eigenvalue weighted by molar-refractivity contribution is 0.239. The quantitative estimate of drug-likeness (QED) is 0.316. The summed E-state index contributed by atoms with van der Waals surface area (Å²) in [6, 6.07) is 0. The Kier molecular flexibility index (Phi) is 11.2. The minimum Gasteiger partial charge on any atom is -0.379 e. The van der Waals surface area contributed by atoms with E-state index in [4.69, 9.17) is 0 Å². The van der Waals surface area contributed by atoms with Crippen LogP contribution in [0.25, 0.3) is 0 Å². The van der Waals surface area contributed by atoms with Gasteiger partial charge >= 0.3 is 0 Å². The molecule has 0 aromatic rings. The van der Waals surface area contributed by atoms with E-state index in [9.17, 15) is 0 Å². The van der Waals surface area contributed by atoms with Crippen molar-refractivity contribution in [3.8, 4) is 0 Å². The van der Waals surface area contributed by atoms with Gasteiger partial charge in [0, 0.05) is 6.54 Å². The number of unbranched alkanes of at least 4 members (excludes halogenated alkanes) is 4. The molecule has 0 saturated carbocycles. The molecule has 0 heterocycles. The molecule has 100 valence electrons. The van der Waals surface area contributed by atoms with Gasteiger partial charge in [-0.2, -0.15) is 0 Å². The smallest absolute Gasteiger partial charge is 0.0673 e. The maximum atomic E-state index is 3.85. The molecule has 0 aliphatic rings. The van der Waals surface area contributed by atoms with Crippen LogP contribution in [0.2, 0.25) is 0 Å². The van der Waals surface area contributed by atoms with E-state index in [-0.39, 0.29) is 0 Å². The van der Waals surface area contributed by atoms with E-state index >= 15 is 0 Å². The zero-order valence-electron chi connectivity index (χ0n) is 11.8. The predicted octanol–water partition coefficient (Wildman–Crippen LogP) is 3.77. The fraction of sp³-hybridized carbons (Fsp3) is 0.733. The molecule has 1 unspecified atom stereocenters. The third-order valence-electron chi connectivity index (χ3n) is 2.99. The molecule has 0 aromatic heterocycles. The summed E-state index contributed by atoms with van der Waals surface area (Å²) in [6.45, 7) is 15.2. The molecule has 2 nitrogen and oxygen atoms in total. The second-order valence-electron chi connectivity index (χ2n) is 4.77. The van der Waals surface area contributed by atoms with Gasteiger partial charge in [0.2, 0.25) is 0 Å². The van der Waals surface area contributed by atoms with Gasteiger partial charge in [0.1, 0.15) is 0 Å². The highest BCUT2D eigenvalue weighted by Gasteiger charge is 2.06. The van der Waals surface area contributed by atoms with E-state index in [1.54, 1.807) is 6.20 Å². The Morgan fingerprint density at radius 2 is 1.88 bits per heavy atom. The largest absolute Gasteiger partial charge is 0.379 e. The molecule has 0 radical (unpaired) electrons. The molecular weight excluding hydrogens is 208 g/mol. The van der Waals surface area contributed by atoms with Gasteiger partial charge in [-0.1, -0.05) is 52.2 Å². The van der Waals surface area contributed by atoms with Crippen LogP contribution in [0, 0.1) is 5.92 Å². The van der Waals surface area contributed by atoms with E-state index in [1.807, 2.05) is 6.08 Å². The van der Waals surface area contributed by atoms with E-state index in [1.165, 1.54) is 38.6 Å². The van der Waals surface area contributed by atoms with Crippen LogP contribution in [0.1, 0.15) is 46.0 Å². The van der Waals surface area contributed by atoms with Gasteiger partial charge in [-0.15, -0.1) is 6.58 Å². The lowest BCUT2D eigenvalue weighted by atomic mass is 10.1. The summed E-state index contributed by atoms with van der Waals surface area (Å²) in [4.78, 5) is 2.44. The van der Waals surface area contributed by atoms with Crippen molar-refractivity contribution in [2.45, 2.75) is 46.0 Å². The molecule has 17 heavy (non-hydrogen) atoms. The molecule has 0 aromatic carbocycles. The lowest BCUT2D eigenvalue weighted by Gasteiger charge is -2.24. The summed E-state index contributed by atoms with van der Waals surface area (Å²) in [5.74, 6) is 0.553. The highest BCUT2D eigenvalue weighted by atomic mass is 15.2. The van der Waals surface area contributed by atoms with Crippen LogP contribution in [0.5, 0.6) is 0 Å². The zero-order chi connectivity index (χ0) is 12.9. The van der Waals surface area contributed by atoms with Crippen LogP contribution >= 0.6 is 0 Å². The number of nitrogens with zero attached hydrogens (tertiary/aromatic N) is 1. The van der Waals surface area contributed by atoms with E-state index in [0.717, 1.165) is 13.2 Å². The zero-order valence-corrected chi connectivity index (χ0v) is 11.8. The van der Waals surface area contributed by atoms with Crippen LogP contribution in [0.15, 0.2) is 25.4 Å². The van der Waals surface area contributed by atoms with Gasteiger partial charge in [0.15, 0.2) is 0 Å². The van der Waals surface area contributed by atoms with Crippen molar-refractivity contribution in [3.05, 3.63) is 25.4 Å². The molecule has 0 aliphatic heterocycles. The Morgan fingerprint density at radius 1 is 1.18 bits per heavy atom. The summed E-state index contributed by atoms with van der Waals surface area (Å²) in [5, 5.41) is 3.19. The topological polar surface area (TPSA) is 15.3 Å². The average molecular weight is 238 g/mol. The summed E-state index contributed by atoms with van der Waals surface area (Å²) in [5.41, 5.74) is 0. The van der Waals surface area contributed by atoms with E-state index in [0.29, 0.717) is 5.92 Å². The summed E-state index contributed by atoms with van der Waals surface area (Å²) < 4.78 is 0. The molecule has 0 saturated heterocycles. The maximum Gasteiger partial charge on any atom is 0.0673 e. The summed E-state index contributed by atoms with van der Waals surface area (Å²) in [7, 11) is 0. The molecule has 0 fully saturated rings. The first-order valence-corrected chi connectivity index (χ1v) is 6.93. The highest BCUT2D eigenvalue weighted by molar-refractivity contribution is 4.78. The first-order chi connectivity index (χ1) is 8.24. The molecule has 0 bridgehead atoms. The fourth-order valence-corrected chi connectivity index (χ4v) is 1.85. The molecule has 1 atom stereocenters. The van der Waals surface area contributed by atoms with Crippen molar-refractivity contribution < 1.29 is 0 Å². The Balaban J connectivity index is 3.75. The molecule has 2 heteroatoms. The number of hydrogen-bond acceptors (Lipinski definition) is 2. The van der Waals surface area contributed by atoms with Gasteiger partial charge in [-0.25, -0.2) is 0 Å². The number of hydrogen-bond donors (Lipinski definition) is 1. The third-order valence-corrected chi connectivity index (χ3v) is 2.99. The van der Waals surface area contributed by atoms with E-state index in [2.05, 4.69) is 37.2 Å². The Bertz CT molecular complexity index is 189. The minimum atomic E-state index is 0.553. The molecule has 0 amide bonds. The number of rotatable bonds is 12. The van der Waals surface area contributed by atoms with Gasteiger partial charge in [0.25, 0.3) is 0 Å². The van der Waals surface area contributed by atoms with Gasteiger partial charge in [0.05, 0.1) is 6.67 Å². The summed E-state index contributed by atoms with van der Waals surface area (Å²) in [6.07, 6.45) is 10.5. The van der Waals surface area contributed by atoms with Crippen molar-refractivity contribution in [2.75, 3.05) is 19.8 Å². The van der Waals surface area contributed by atoms with Gasteiger partial charge in [-0.05, 0) is 25.1 Å². The minimum absolute atomic E-state index is 0.553. The number of nitrogens with one attached hydrogen (secondary N) is 1. The van der Waals surface area contributed by atoms with Crippen molar-refractivity contribution in [1.82, 2.24) is 10.2 Å². The van der Waals surface area contributed by atoms with Crippen LogP contribution in [0.3, 0.4) is 0 Å². The lowest BCUT2D eigenvalue weighted by Crippen LogP contribution is -2.35. The maximum absolute atomic E-state index is 3.85. The van der Waals surface area contributed by atoms with Crippen LogP contribution in [-0.4, -0.2) is 24.7 Å². The molecule has 0 aliphatic carbocycles. The van der Waals surface area contributed by atoms with Crippen LogP contribution in [-0.2, 0) is 0 Å². The highest BCUT2D eigenvalue weighted by Crippen LogP contribution is 2.06. The van der Waals surface area contributed by atoms with Crippen LogP contribution in [0.4, 0.5) is 0 Å². The second-order valence-corrected chi connectivity index (χ2v) is 4.77. The van der Waals surface area contributed by atoms with Crippen molar-refractivity contribution in [2.24, 2.45) is 5.92 Å². The Morgan fingerprint density at radius 3 is 2.47 bits per heavy atom. The second kappa shape index (κ2) is 11.7. The summed E-state index contributed by atoms with van der Waals surface area (Å²) >= 11 is 0. The van der Waals surface area contributed by atoms with Crippen LogP contribution < -0.4 is 5.32 Å². The Labute approximate surface area is 108 Å². The van der Waals surface area contributed by atoms with Crippen molar-refractivity contribution in [3.63, 3.8) is 0 Å². The molecule has 0 rings (SSSR count). The molecular formula is C15H30N2. The fourth-order valence-electron chi connectivity index (χ4n) is 1.85. The average Bonchev–Trinajstić information content (AvgIpc) is 2.35. The SMILES string of the molecule is C=CNCN(CCCCCCC)CC(C)C=C. The Hall–Kier alpha value is -0.760. The predicted molar refractivity (Wildman–Crippen MR) is 77.9 cm³/mol. The molecule has 1 N–H and O–H groups in total. The first kappa shape index (κ1) is 16.2. The molecule has 0 spiro atoms. The van der Waals surface area contributed by atoms with Gasteiger partial charge in [-0.3, -0.25) is 4.90 Å². The third kappa shape index (κ3) is 10.1. The van der Waals surface area contributed by atoms with Crippen molar-refractivity contribution in [1.29, 1.82) is 0 Å². The normalized spacial score (nSPS) is 12.4.